The number of aliphatic hydroxyl groups is 2. The van der Waals surface area contributed by atoms with Crippen molar-refractivity contribution < 1.29 is 68.4 Å². The molecule has 22 N–H and O–H groups in total. The smallest absolute Gasteiger partial charge is 0.325 e. The maximum absolute atomic E-state index is 13.8. The number of carbonyl (C=O) groups is 10. The van der Waals surface area contributed by atoms with Gasteiger partial charge in [-0.1, -0.05) is 20.3 Å². The van der Waals surface area contributed by atoms with E-state index in [4.69, 9.17) is 33.8 Å². The molecule has 0 aromatic carbocycles. The number of hydrogen-bond donors (Lipinski definition) is 17. The van der Waals surface area contributed by atoms with Crippen molar-refractivity contribution in [1.82, 2.24) is 42.5 Å². The molecule has 374 valence electrons. The highest BCUT2D eigenvalue weighted by molar-refractivity contribution is 5.97. The minimum absolute atomic E-state index is 0.0271. The summed E-state index contributed by atoms with van der Waals surface area (Å²) < 4.78 is 0. The molecule has 0 aliphatic rings. The number of carboxylic acids is 2. The Morgan fingerprint density at radius 1 is 0.576 bits per heavy atom. The third-order valence-corrected chi connectivity index (χ3v) is 9.48. The molecule has 0 radical (unpaired) electrons. The van der Waals surface area contributed by atoms with Crippen LogP contribution in [0.3, 0.4) is 0 Å². The Hall–Kier alpha value is -6.88. The van der Waals surface area contributed by atoms with Gasteiger partial charge in [-0.3, -0.25) is 57.9 Å². The van der Waals surface area contributed by atoms with E-state index in [2.05, 4.69) is 52.5 Å². The highest BCUT2D eigenvalue weighted by Gasteiger charge is 2.34. The van der Waals surface area contributed by atoms with Crippen molar-refractivity contribution >= 4 is 71.1 Å². The van der Waals surface area contributed by atoms with Crippen LogP contribution >= 0.6 is 0 Å². The Balaban J connectivity index is 6.12. The summed E-state index contributed by atoms with van der Waals surface area (Å²) in [5.74, 6) is -11.4. The van der Waals surface area contributed by atoms with Gasteiger partial charge in [-0.25, -0.2) is 0 Å². The molecule has 9 atom stereocenters. The molecule has 0 rings (SSSR count). The highest BCUT2D eigenvalue weighted by atomic mass is 16.4. The van der Waals surface area contributed by atoms with Crippen molar-refractivity contribution in [3.8, 4) is 0 Å². The molecule has 0 spiro atoms. The first-order chi connectivity index (χ1) is 30.9. The number of aliphatic carboxylic acids is 2. The number of hydrogen-bond acceptors (Lipinski definition) is 15. The van der Waals surface area contributed by atoms with Gasteiger partial charge in [0.25, 0.3) is 0 Å². The molecule has 0 bridgehead atoms. The number of carboxylic acid groups (broad SMARTS) is 2. The predicted molar refractivity (Wildman–Crippen MR) is 234 cm³/mol. The first-order valence-electron chi connectivity index (χ1n) is 20.8. The Labute approximate surface area is 380 Å². The number of carbonyl (C=O) groups excluding carboxylic acids is 8. The van der Waals surface area contributed by atoms with Crippen molar-refractivity contribution in [1.29, 1.82) is 0 Å². The van der Waals surface area contributed by atoms with Crippen LogP contribution in [0.25, 0.3) is 0 Å². The molecule has 0 aliphatic heterocycles. The Morgan fingerprint density at radius 3 is 1.50 bits per heavy atom. The molecule has 0 fully saturated rings. The van der Waals surface area contributed by atoms with Gasteiger partial charge in [0.05, 0.1) is 25.8 Å². The van der Waals surface area contributed by atoms with Gasteiger partial charge in [0.15, 0.2) is 11.9 Å². The van der Waals surface area contributed by atoms with Gasteiger partial charge in [-0.05, 0) is 51.9 Å². The molecule has 66 heavy (non-hydrogen) atoms. The normalized spacial score (nSPS) is 14.8. The fourth-order valence-corrected chi connectivity index (χ4v) is 5.58. The first kappa shape index (κ1) is 59.1. The largest absolute Gasteiger partial charge is 0.481 e. The predicted octanol–water partition coefficient (Wildman–Crippen LogP) is -8.05. The maximum atomic E-state index is 13.8. The molecule has 0 unspecified atom stereocenters. The SMILES string of the molecule is CC[C@H](C)[C@H](NC(=O)CNC(=O)[C@H](CO)NC(=O)[C@@H](NC(=O)[C@H](CCC(=O)O)NC(=O)CN)[C@@H](C)O)C(=O)N[C@@H](CCCN=C(N)N)C(=O)N[C@@H](CCCN=C(N)N)C(=O)N[C@@H](C)C(=O)O. The molecule has 0 aromatic heterocycles. The standard InChI is InChI=1S/C37H67N15O14/c1-5-17(2)27(33(63)49-21(9-7-13-44-37(41)42)31(61)48-20(8-6-12-43-36(39)40)30(60)46-18(3)35(65)66)51-25(56)15-45-29(59)23(16-53)50-34(64)28(19(4)54)52-32(62)22(10-11-26(57)58)47-24(55)14-38/h17-23,27-28,53-54H,5-16,38H2,1-4H3,(H,45,59)(H,46,60)(H,47,55)(H,48,61)(H,49,63)(H,50,64)(H,51,56)(H,52,62)(H,57,58)(H,65,66)(H4,39,40,43)(H4,41,42,44)/t17-,18-,19+,20-,21-,22-,23-,27-,28-/m0/s1. The molecule has 29 heteroatoms. The monoisotopic (exact) mass is 945 g/mol. The summed E-state index contributed by atoms with van der Waals surface area (Å²) >= 11 is 0. The van der Waals surface area contributed by atoms with E-state index in [0.717, 1.165) is 6.92 Å². The van der Waals surface area contributed by atoms with Gasteiger partial charge < -0.3 is 91.6 Å². The number of aliphatic hydroxyl groups excluding tert-OH is 2. The highest BCUT2D eigenvalue weighted by Crippen LogP contribution is 2.11. The number of aliphatic imine (C=N–C) groups is 2. The lowest BCUT2D eigenvalue weighted by Crippen LogP contribution is -2.61. The van der Waals surface area contributed by atoms with Gasteiger partial charge in [0.1, 0.15) is 42.3 Å². The van der Waals surface area contributed by atoms with Crippen LogP contribution in [0.5, 0.6) is 0 Å². The van der Waals surface area contributed by atoms with E-state index in [9.17, 15) is 63.3 Å². The number of nitrogens with two attached hydrogens (primary N) is 5. The summed E-state index contributed by atoms with van der Waals surface area (Å²) in [4.78, 5) is 135. The van der Waals surface area contributed by atoms with E-state index in [-0.39, 0.29) is 50.7 Å². The van der Waals surface area contributed by atoms with Crippen molar-refractivity contribution in [3.63, 3.8) is 0 Å². The first-order valence-corrected chi connectivity index (χ1v) is 20.8. The van der Waals surface area contributed by atoms with Crippen LogP contribution in [0.2, 0.25) is 0 Å². The summed E-state index contributed by atoms with van der Waals surface area (Å²) in [5.41, 5.74) is 26.8. The van der Waals surface area contributed by atoms with Gasteiger partial charge in [-0.2, -0.15) is 0 Å². The fraction of sp³-hybridized carbons (Fsp3) is 0.676. The van der Waals surface area contributed by atoms with E-state index in [0.29, 0.717) is 6.42 Å². The Kier molecular flexibility index (Phi) is 27.8. The molecule has 0 aromatic rings. The zero-order chi connectivity index (χ0) is 50.7. The van der Waals surface area contributed by atoms with E-state index >= 15 is 0 Å². The van der Waals surface area contributed by atoms with Crippen LogP contribution in [0.4, 0.5) is 0 Å². The maximum Gasteiger partial charge on any atom is 0.325 e. The Bertz CT molecular complexity index is 1740. The molecule has 0 saturated heterocycles. The second-order valence-corrected chi connectivity index (χ2v) is 15.0. The molecule has 0 heterocycles. The van der Waals surface area contributed by atoms with Crippen molar-refractivity contribution in [3.05, 3.63) is 0 Å². The van der Waals surface area contributed by atoms with E-state index in [1.54, 1.807) is 13.8 Å². The van der Waals surface area contributed by atoms with Crippen LogP contribution in [0.1, 0.15) is 72.6 Å². The second-order valence-electron chi connectivity index (χ2n) is 15.0. The average molecular weight is 946 g/mol. The quantitative estimate of drug-likeness (QED) is 0.0169. The molecule has 8 amide bonds. The van der Waals surface area contributed by atoms with Gasteiger partial charge >= 0.3 is 11.9 Å². The third kappa shape index (κ3) is 23.7. The number of nitrogens with one attached hydrogen (secondary N) is 8. The van der Waals surface area contributed by atoms with Gasteiger partial charge in [0, 0.05) is 19.5 Å². The van der Waals surface area contributed by atoms with E-state index in [1.165, 1.54) is 6.92 Å². The Morgan fingerprint density at radius 2 is 1.05 bits per heavy atom. The summed E-state index contributed by atoms with van der Waals surface area (Å²) in [7, 11) is 0. The van der Waals surface area contributed by atoms with Gasteiger partial charge in [0.2, 0.25) is 47.3 Å². The lowest BCUT2D eigenvalue weighted by atomic mass is 9.97. The summed E-state index contributed by atoms with van der Waals surface area (Å²) in [6.45, 7) is 3.28. The van der Waals surface area contributed by atoms with Crippen molar-refractivity contribution in [2.45, 2.75) is 121 Å². The van der Waals surface area contributed by atoms with Crippen LogP contribution in [0, 0.1) is 5.92 Å². The number of guanidine groups is 2. The van der Waals surface area contributed by atoms with Crippen molar-refractivity contribution in [2.24, 2.45) is 44.6 Å². The minimum atomic E-state index is -1.79. The number of amides is 8. The second kappa shape index (κ2) is 31.1. The molecule has 0 saturated carbocycles. The van der Waals surface area contributed by atoms with Crippen LogP contribution in [-0.2, 0) is 47.9 Å². The van der Waals surface area contributed by atoms with Gasteiger partial charge in [-0.15, -0.1) is 0 Å². The average Bonchev–Trinajstić information content (AvgIpc) is 3.24. The minimum Gasteiger partial charge on any atom is -0.481 e. The number of rotatable bonds is 32. The lowest BCUT2D eigenvalue weighted by molar-refractivity contribution is -0.142. The zero-order valence-corrected chi connectivity index (χ0v) is 37.3. The third-order valence-electron chi connectivity index (χ3n) is 9.48. The van der Waals surface area contributed by atoms with Crippen LogP contribution in [-0.4, -0.2) is 173 Å². The zero-order valence-electron chi connectivity index (χ0n) is 37.3. The summed E-state index contributed by atoms with van der Waals surface area (Å²) in [6.07, 6.45) is -2.15. The summed E-state index contributed by atoms with van der Waals surface area (Å²) in [5, 5.41) is 57.0. The molecular weight excluding hydrogens is 878 g/mol. The van der Waals surface area contributed by atoms with Crippen LogP contribution < -0.4 is 71.2 Å². The number of nitrogens with zero attached hydrogens (tertiary/aromatic N) is 2. The summed E-state index contributed by atoms with van der Waals surface area (Å²) in [6, 6.07) is -10.4. The topological polar surface area (TPSA) is 503 Å². The molecule has 0 aliphatic carbocycles. The lowest BCUT2D eigenvalue weighted by Gasteiger charge is -2.28. The van der Waals surface area contributed by atoms with Crippen LogP contribution in [0.15, 0.2) is 9.98 Å². The van der Waals surface area contributed by atoms with E-state index < -0.39 is 146 Å². The van der Waals surface area contributed by atoms with E-state index in [1.807, 2.05) is 0 Å². The molecule has 29 nitrogen and oxygen atoms in total. The van der Waals surface area contributed by atoms with Crippen molar-refractivity contribution in [2.75, 3.05) is 32.8 Å². The fourth-order valence-electron chi connectivity index (χ4n) is 5.58. The molecular formula is C37H67N15O14.